The van der Waals surface area contributed by atoms with E-state index in [1.54, 1.807) is 18.5 Å². The van der Waals surface area contributed by atoms with Gasteiger partial charge in [-0.3, -0.25) is 0 Å². The first-order valence-electron chi connectivity index (χ1n) is 5.13. The Labute approximate surface area is 107 Å². The van der Waals surface area contributed by atoms with E-state index in [9.17, 15) is 4.39 Å². The van der Waals surface area contributed by atoms with Gasteiger partial charge in [0.05, 0.1) is 6.20 Å². The van der Waals surface area contributed by atoms with Crippen LogP contribution in [0.1, 0.15) is 17.2 Å². The van der Waals surface area contributed by atoms with Crippen molar-refractivity contribution in [2.45, 2.75) is 12.5 Å². The largest absolute Gasteiger partial charge is 0.324 e. The maximum Gasteiger partial charge on any atom is 0.123 e. The Balaban J connectivity index is 2.18. The Hall–Kier alpha value is -1.33. The zero-order chi connectivity index (χ0) is 12.3. The van der Waals surface area contributed by atoms with Gasteiger partial charge < -0.3 is 5.73 Å². The molecule has 1 aromatic heterocycles. The van der Waals surface area contributed by atoms with Crippen LogP contribution in [0, 0.1) is 5.82 Å². The normalized spacial score (nSPS) is 12.4. The quantitative estimate of drug-likeness (QED) is 0.947. The minimum absolute atomic E-state index is 0.219. The summed E-state index contributed by atoms with van der Waals surface area (Å²) in [6, 6.07) is 6.17. The molecule has 0 bridgehead atoms. The molecule has 2 rings (SSSR count). The lowest BCUT2D eigenvalue weighted by atomic mass is 10.0. The Bertz CT molecular complexity index is 504. The Morgan fingerprint density at radius 1 is 1.29 bits per heavy atom. The second kappa shape index (κ2) is 5.33. The number of rotatable bonds is 3. The van der Waals surface area contributed by atoms with E-state index < -0.39 is 0 Å². The SMILES string of the molecule is NC(Cc1cc(F)ccc1Br)c1ccnnc1. The van der Waals surface area contributed by atoms with Gasteiger partial charge >= 0.3 is 0 Å². The highest BCUT2D eigenvalue weighted by molar-refractivity contribution is 9.10. The zero-order valence-corrected chi connectivity index (χ0v) is 10.6. The first-order valence-corrected chi connectivity index (χ1v) is 5.92. The Morgan fingerprint density at radius 2 is 2.12 bits per heavy atom. The van der Waals surface area contributed by atoms with Crippen molar-refractivity contribution in [3.63, 3.8) is 0 Å². The summed E-state index contributed by atoms with van der Waals surface area (Å²) in [5.41, 5.74) is 7.76. The molecule has 1 aromatic carbocycles. The number of aromatic nitrogens is 2. The van der Waals surface area contributed by atoms with Crippen LogP contribution in [-0.4, -0.2) is 10.2 Å². The fourth-order valence-electron chi connectivity index (χ4n) is 1.57. The highest BCUT2D eigenvalue weighted by Gasteiger charge is 2.10. The molecular formula is C12H11BrFN3. The number of hydrogen-bond acceptors (Lipinski definition) is 3. The molecule has 1 atom stereocenters. The van der Waals surface area contributed by atoms with Crippen LogP contribution in [0.5, 0.6) is 0 Å². The molecule has 0 spiro atoms. The van der Waals surface area contributed by atoms with Crippen LogP contribution in [0.3, 0.4) is 0 Å². The number of halogens is 2. The summed E-state index contributed by atoms with van der Waals surface area (Å²) >= 11 is 3.38. The van der Waals surface area contributed by atoms with Crippen molar-refractivity contribution >= 4 is 15.9 Å². The molecule has 2 aromatic rings. The maximum absolute atomic E-state index is 13.1. The smallest absolute Gasteiger partial charge is 0.123 e. The van der Waals surface area contributed by atoms with Crippen LogP contribution in [0.25, 0.3) is 0 Å². The molecule has 0 aliphatic rings. The molecule has 0 aliphatic carbocycles. The summed E-state index contributed by atoms with van der Waals surface area (Å²) in [7, 11) is 0. The molecule has 17 heavy (non-hydrogen) atoms. The number of nitrogens with two attached hydrogens (primary N) is 1. The van der Waals surface area contributed by atoms with Gasteiger partial charge in [0.1, 0.15) is 5.82 Å². The monoisotopic (exact) mass is 295 g/mol. The van der Waals surface area contributed by atoms with Crippen LogP contribution < -0.4 is 5.73 Å². The van der Waals surface area contributed by atoms with Gasteiger partial charge in [0.2, 0.25) is 0 Å². The van der Waals surface area contributed by atoms with Crippen LogP contribution >= 0.6 is 15.9 Å². The molecule has 0 saturated carbocycles. The maximum atomic E-state index is 13.1. The molecule has 3 nitrogen and oxygen atoms in total. The van der Waals surface area contributed by atoms with Gasteiger partial charge in [-0.1, -0.05) is 15.9 Å². The second-order valence-corrected chi connectivity index (χ2v) is 4.58. The lowest BCUT2D eigenvalue weighted by Crippen LogP contribution is -2.14. The van der Waals surface area contributed by atoms with E-state index in [0.717, 1.165) is 15.6 Å². The van der Waals surface area contributed by atoms with E-state index in [-0.39, 0.29) is 11.9 Å². The molecule has 88 valence electrons. The lowest BCUT2D eigenvalue weighted by Gasteiger charge is -2.12. The molecule has 0 fully saturated rings. The van der Waals surface area contributed by atoms with Gasteiger partial charge in [0.25, 0.3) is 0 Å². The summed E-state index contributed by atoms with van der Waals surface area (Å²) in [4.78, 5) is 0. The van der Waals surface area contributed by atoms with Crippen LogP contribution in [-0.2, 0) is 6.42 Å². The van der Waals surface area contributed by atoms with Crippen molar-refractivity contribution in [2.75, 3.05) is 0 Å². The van der Waals surface area contributed by atoms with E-state index in [1.165, 1.54) is 12.1 Å². The van der Waals surface area contributed by atoms with Gasteiger partial charge in [-0.25, -0.2) is 4.39 Å². The highest BCUT2D eigenvalue weighted by Crippen LogP contribution is 2.22. The molecular weight excluding hydrogens is 285 g/mol. The van der Waals surface area contributed by atoms with Crippen LogP contribution in [0.2, 0.25) is 0 Å². The summed E-state index contributed by atoms with van der Waals surface area (Å²) in [6.45, 7) is 0. The van der Waals surface area contributed by atoms with E-state index in [1.807, 2.05) is 6.07 Å². The lowest BCUT2D eigenvalue weighted by molar-refractivity contribution is 0.621. The third kappa shape index (κ3) is 3.08. The standard InChI is InChI=1S/C12H11BrFN3/c13-11-2-1-10(14)5-9(11)6-12(15)8-3-4-16-17-7-8/h1-5,7,12H,6,15H2. The van der Waals surface area contributed by atoms with Crippen LogP contribution in [0.15, 0.2) is 41.1 Å². The third-order valence-corrected chi connectivity index (χ3v) is 3.26. The summed E-state index contributed by atoms with van der Waals surface area (Å²) < 4.78 is 14.0. The predicted octanol–water partition coefficient (Wildman–Crippen LogP) is 2.62. The third-order valence-electron chi connectivity index (χ3n) is 2.48. The average Bonchev–Trinajstić information content (AvgIpc) is 2.35. The van der Waals surface area contributed by atoms with Crippen molar-refractivity contribution in [3.05, 3.63) is 58.1 Å². The number of benzene rings is 1. The molecule has 1 heterocycles. The minimum Gasteiger partial charge on any atom is -0.324 e. The van der Waals surface area contributed by atoms with E-state index in [0.29, 0.717) is 6.42 Å². The second-order valence-electron chi connectivity index (χ2n) is 3.72. The summed E-state index contributed by atoms with van der Waals surface area (Å²) in [6.07, 6.45) is 3.76. The van der Waals surface area contributed by atoms with Gasteiger partial charge in [0, 0.05) is 16.7 Å². The molecule has 5 heteroatoms. The average molecular weight is 296 g/mol. The highest BCUT2D eigenvalue weighted by atomic mass is 79.9. The minimum atomic E-state index is -0.261. The molecule has 0 aliphatic heterocycles. The first kappa shape index (κ1) is 12.1. The van der Waals surface area contributed by atoms with Crippen LogP contribution in [0.4, 0.5) is 4.39 Å². The fraction of sp³-hybridized carbons (Fsp3) is 0.167. The van der Waals surface area contributed by atoms with Crippen molar-refractivity contribution in [3.8, 4) is 0 Å². The van der Waals surface area contributed by atoms with E-state index in [2.05, 4.69) is 26.1 Å². The molecule has 1 unspecified atom stereocenters. The topological polar surface area (TPSA) is 51.8 Å². The Morgan fingerprint density at radius 3 is 2.82 bits per heavy atom. The molecule has 2 N–H and O–H groups in total. The number of hydrogen-bond donors (Lipinski definition) is 1. The summed E-state index contributed by atoms with van der Waals surface area (Å²) in [5.74, 6) is -0.261. The first-order chi connectivity index (χ1) is 8.16. The van der Waals surface area contributed by atoms with Gasteiger partial charge in [-0.15, -0.1) is 0 Å². The fourth-order valence-corrected chi connectivity index (χ4v) is 1.98. The van der Waals surface area contributed by atoms with Crippen molar-refractivity contribution in [1.82, 2.24) is 10.2 Å². The molecule has 0 amide bonds. The predicted molar refractivity (Wildman–Crippen MR) is 66.8 cm³/mol. The van der Waals surface area contributed by atoms with E-state index >= 15 is 0 Å². The van der Waals surface area contributed by atoms with Gasteiger partial charge in [-0.05, 0) is 41.8 Å². The van der Waals surface area contributed by atoms with Gasteiger partial charge in [-0.2, -0.15) is 10.2 Å². The van der Waals surface area contributed by atoms with Crippen molar-refractivity contribution in [2.24, 2.45) is 5.73 Å². The molecule has 0 saturated heterocycles. The summed E-state index contributed by atoms with van der Waals surface area (Å²) in [5, 5.41) is 7.46. The van der Waals surface area contributed by atoms with Crippen molar-refractivity contribution in [1.29, 1.82) is 0 Å². The molecule has 0 radical (unpaired) electrons. The van der Waals surface area contributed by atoms with Crippen molar-refractivity contribution < 1.29 is 4.39 Å². The Kier molecular flexibility index (Phi) is 3.81. The van der Waals surface area contributed by atoms with E-state index in [4.69, 9.17) is 5.73 Å². The van der Waals surface area contributed by atoms with Gasteiger partial charge in [0.15, 0.2) is 0 Å². The number of nitrogens with zero attached hydrogens (tertiary/aromatic N) is 2. The zero-order valence-electron chi connectivity index (χ0n) is 8.98.